The summed E-state index contributed by atoms with van der Waals surface area (Å²) in [5.41, 5.74) is -5.71. The fraction of sp³-hybridized carbons (Fsp3) is 0.444. The average Bonchev–Trinajstić information content (AvgIpc) is 3.26. The summed E-state index contributed by atoms with van der Waals surface area (Å²) < 4.78 is 61.5. The SMILES string of the molecule is COC(=O)[C@@]1(Cc2ccccc2)C[C@](C(=O)OC)([C@@H](OC(=O)OC(C)(C)C)c2cccc(C(F)(F)F)c2)N=N1. The molecule has 0 unspecified atom stereocenters. The van der Waals surface area contributed by atoms with Crippen molar-refractivity contribution in [2.24, 2.45) is 10.2 Å². The van der Waals surface area contributed by atoms with Crippen molar-refractivity contribution in [1.82, 2.24) is 0 Å². The number of halogens is 3. The van der Waals surface area contributed by atoms with Crippen molar-refractivity contribution in [2.75, 3.05) is 14.2 Å². The fourth-order valence-electron chi connectivity index (χ4n) is 4.34. The third kappa shape index (κ3) is 6.55. The van der Waals surface area contributed by atoms with E-state index in [0.717, 1.165) is 32.4 Å². The molecule has 39 heavy (non-hydrogen) atoms. The van der Waals surface area contributed by atoms with Gasteiger partial charge in [0.25, 0.3) is 0 Å². The van der Waals surface area contributed by atoms with Gasteiger partial charge in [-0.25, -0.2) is 14.4 Å². The van der Waals surface area contributed by atoms with Gasteiger partial charge in [-0.05, 0) is 44.0 Å². The molecule has 1 aliphatic heterocycles. The largest absolute Gasteiger partial charge is 0.509 e. The number of esters is 2. The minimum Gasteiger partial charge on any atom is -0.467 e. The Kier molecular flexibility index (Phi) is 8.37. The van der Waals surface area contributed by atoms with Crippen molar-refractivity contribution < 1.29 is 46.5 Å². The predicted octanol–water partition coefficient (Wildman–Crippen LogP) is 5.62. The molecule has 0 saturated heterocycles. The molecule has 0 saturated carbocycles. The van der Waals surface area contributed by atoms with E-state index in [-0.39, 0.29) is 12.0 Å². The summed E-state index contributed by atoms with van der Waals surface area (Å²) in [6, 6.07) is 12.6. The van der Waals surface area contributed by atoms with Crippen LogP contribution >= 0.6 is 0 Å². The fourth-order valence-corrected chi connectivity index (χ4v) is 4.34. The molecule has 9 nitrogen and oxygen atoms in total. The highest BCUT2D eigenvalue weighted by atomic mass is 19.4. The van der Waals surface area contributed by atoms with Gasteiger partial charge in [-0.2, -0.15) is 23.4 Å². The number of methoxy groups -OCH3 is 2. The van der Waals surface area contributed by atoms with Gasteiger partial charge in [-0.15, -0.1) is 0 Å². The van der Waals surface area contributed by atoms with Crippen LogP contribution in [0.1, 0.15) is 50.0 Å². The molecule has 1 aliphatic rings. The highest BCUT2D eigenvalue weighted by Gasteiger charge is 2.63. The first-order valence-corrected chi connectivity index (χ1v) is 11.9. The van der Waals surface area contributed by atoms with Crippen molar-refractivity contribution in [3.05, 3.63) is 71.3 Å². The van der Waals surface area contributed by atoms with Crippen molar-refractivity contribution in [2.45, 2.75) is 62.6 Å². The predicted molar refractivity (Wildman–Crippen MR) is 131 cm³/mol. The molecule has 2 aromatic rings. The van der Waals surface area contributed by atoms with Crippen LogP contribution in [0.25, 0.3) is 0 Å². The Morgan fingerprint density at radius 3 is 2.13 bits per heavy atom. The Morgan fingerprint density at radius 2 is 1.56 bits per heavy atom. The minimum atomic E-state index is -4.74. The first-order chi connectivity index (χ1) is 18.2. The second-order valence-electron chi connectivity index (χ2n) is 10.1. The molecular weight excluding hydrogens is 521 g/mol. The van der Waals surface area contributed by atoms with Gasteiger partial charge in [0.2, 0.25) is 5.54 Å². The molecule has 3 atom stereocenters. The van der Waals surface area contributed by atoms with Gasteiger partial charge < -0.3 is 18.9 Å². The topological polar surface area (TPSA) is 113 Å². The van der Waals surface area contributed by atoms with E-state index < -0.39 is 59.0 Å². The molecule has 3 rings (SSSR count). The van der Waals surface area contributed by atoms with Crippen LogP contribution in [-0.4, -0.2) is 49.0 Å². The molecule has 210 valence electrons. The van der Waals surface area contributed by atoms with E-state index in [0.29, 0.717) is 5.56 Å². The number of hydrogen-bond donors (Lipinski definition) is 0. The number of carbonyl (C=O) groups excluding carboxylic acids is 3. The van der Waals surface area contributed by atoms with E-state index in [4.69, 9.17) is 18.9 Å². The maximum Gasteiger partial charge on any atom is 0.509 e. The molecule has 0 bridgehead atoms. The van der Waals surface area contributed by atoms with E-state index in [1.165, 1.54) is 6.07 Å². The maximum atomic E-state index is 13.6. The average molecular weight is 551 g/mol. The molecule has 0 aliphatic carbocycles. The summed E-state index contributed by atoms with van der Waals surface area (Å²) in [6.45, 7) is 4.67. The van der Waals surface area contributed by atoms with Crippen LogP contribution in [0.4, 0.5) is 18.0 Å². The van der Waals surface area contributed by atoms with Crippen LogP contribution in [0.15, 0.2) is 64.8 Å². The van der Waals surface area contributed by atoms with Crippen LogP contribution in [0, 0.1) is 0 Å². The van der Waals surface area contributed by atoms with Gasteiger partial charge >= 0.3 is 24.3 Å². The van der Waals surface area contributed by atoms with Gasteiger partial charge in [0, 0.05) is 12.8 Å². The van der Waals surface area contributed by atoms with E-state index in [2.05, 4.69) is 10.2 Å². The van der Waals surface area contributed by atoms with Crippen molar-refractivity contribution in [3.8, 4) is 0 Å². The first kappa shape index (κ1) is 29.6. The minimum absolute atomic E-state index is 0.0650. The zero-order valence-electron chi connectivity index (χ0n) is 22.1. The summed E-state index contributed by atoms with van der Waals surface area (Å²) in [7, 11) is 2.16. The molecule has 0 amide bonds. The molecule has 1 heterocycles. The zero-order chi connectivity index (χ0) is 29.1. The number of azo groups is 1. The summed E-state index contributed by atoms with van der Waals surface area (Å²) in [4.78, 5) is 39.2. The molecule has 0 fully saturated rings. The van der Waals surface area contributed by atoms with Gasteiger partial charge in [0.15, 0.2) is 11.6 Å². The third-order valence-corrected chi connectivity index (χ3v) is 5.98. The number of benzene rings is 2. The number of nitrogens with zero attached hydrogens (tertiary/aromatic N) is 2. The standard InChI is InChI=1S/C27H29F3N2O7/c1-24(2,3)39-23(35)38-20(18-12-9-13-19(14-18)27(28,29)30)26(22(34)37-5)16-25(31-32-26,21(33)36-4)15-17-10-7-6-8-11-17/h6-14,20H,15-16H2,1-5H3/t20-,25+,26+/m0/s1. The molecule has 2 aromatic carbocycles. The molecule has 0 spiro atoms. The number of rotatable bonds is 7. The Morgan fingerprint density at radius 1 is 0.923 bits per heavy atom. The van der Waals surface area contributed by atoms with Gasteiger partial charge in [0.1, 0.15) is 5.60 Å². The summed E-state index contributed by atoms with van der Waals surface area (Å²) in [5.74, 6) is -1.93. The number of alkyl halides is 3. The van der Waals surface area contributed by atoms with Gasteiger partial charge in [0.05, 0.1) is 19.8 Å². The molecule has 0 N–H and O–H groups in total. The molecule has 12 heteroatoms. The summed E-state index contributed by atoms with van der Waals surface area (Å²) >= 11 is 0. The highest BCUT2D eigenvalue weighted by molar-refractivity contribution is 5.88. The molecule has 0 aromatic heterocycles. The van der Waals surface area contributed by atoms with Crippen LogP contribution in [0.5, 0.6) is 0 Å². The Bertz CT molecular complexity index is 1240. The Labute approximate surface area is 223 Å². The van der Waals surface area contributed by atoms with Gasteiger partial charge in [-0.3, -0.25) is 0 Å². The smallest absolute Gasteiger partial charge is 0.467 e. The number of carbonyl (C=O) groups is 3. The maximum absolute atomic E-state index is 13.6. The summed E-state index contributed by atoms with van der Waals surface area (Å²) in [6.07, 6.45) is -8.43. The second kappa shape index (κ2) is 11.0. The lowest BCUT2D eigenvalue weighted by molar-refractivity contribution is -0.155. The first-order valence-electron chi connectivity index (χ1n) is 11.9. The van der Waals surface area contributed by atoms with Crippen LogP contribution < -0.4 is 0 Å². The van der Waals surface area contributed by atoms with E-state index >= 15 is 0 Å². The summed E-state index contributed by atoms with van der Waals surface area (Å²) in [5, 5.41) is 8.26. The van der Waals surface area contributed by atoms with E-state index in [1.807, 2.05) is 0 Å². The van der Waals surface area contributed by atoms with Gasteiger partial charge in [-0.1, -0.05) is 42.5 Å². The highest BCUT2D eigenvalue weighted by Crippen LogP contribution is 2.48. The lowest BCUT2D eigenvalue weighted by atomic mass is 9.76. The number of hydrogen-bond acceptors (Lipinski definition) is 9. The zero-order valence-corrected chi connectivity index (χ0v) is 22.1. The van der Waals surface area contributed by atoms with Crippen LogP contribution in [-0.2, 0) is 41.1 Å². The lowest BCUT2D eigenvalue weighted by Crippen LogP contribution is -2.50. The quantitative estimate of drug-likeness (QED) is 0.325. The second-order valence-corrected chi connectivity index (χ2v) is 10.1. The van der Waals surface area contributed by atoms with E-state index in [1.54, 1.807) is 51.1 Å². The Hall–Kier alpha value is -3.96. The Balaban J connectivity index is 2.19. The third-order valence-electron chi connectivity index (χ3n) is 5.98. The van der Waals surface area contributed by atoms with Crippen LogP contribution in [0.2, 0.25) is 0 Å². The normalized spacial score (nSPS) is 21.6. The molecular formula is C27H29F3N2O7. The van der Waals surface area contributed by atoms with Crippen LogP contribution in [0.3, 0.4) is 0 Å². The van der Waals surface area contributed by atoms with Crippen molar-refractivity contribution in [1.29, 1.82) is 0 Å². The van der Waals surface area contributed by atoms with Crippen molar-refractivity contribution >= 4 is 18.1 Å². The number of ether oxygens (including phenoxy) is 4. The monoisotopic (exact) mass is 550 g/mol. The molecule has 0 radical (unpaired) electrons. The lowest BCUT2D eigenvalue weighted by Gasteiger charge is -2.34. The van der Waals surface area contributed by atoms with Crippen molar-refractivity contribution in [3.63, 3.8) is 0 Å². The van der Waals surface area contributed by atoms with E-state index in [9.17, 15) is 27.6 Å².